The quantitative estimate of drug-likeness (QED) is 0.171. The third-order valence-electron chi connectivity index (χ3n) is 7.80. The first-order valence-corrected chi connectivity index (χ1v) is 16.1. The van der Waals surface area contributed by atoms with Crippen LogP contribution in [0.3, 0.4) is 0 Å². The van der Waals surface area contributed by atoms with Crippen molar-refractivity contribution in [2.24, 2.45) is 0 Å². The Morgan fingerprint density at radius 2 is 1.29 bits per heavy atom. The van der Waals surface area contributed by atoms with E-state index in [-0.39, 0.29) is 35.4 Å². The van der Waals surface area contributed by atoms with Crippen LogP contribution in [0, 0.1) is 0 Å². The van der Waals surface area contributed by atoms with Crippen molar-refractivity contribution in [3.8, 4) is 0 Å². The highest BCUT2D eigenvalue weighted by Gasteiger charge is 2.39. The number of rotatable bonds is 9. The maximum atomic E-state index is 13.7. The maximum Gasteiger partial charge on any atom is 0.416 e. The summed E-state index contributed by atoms with van der Waals surface area (Å²) in [5.41, 5.74) is -2.50. The fourth-order valence-electron chi connectivity index (χ4n) is 5.57. The zero-order valence-electron chi connectivity index (χ0n) is 24.5. The molecule has 4 atom stereocenters. The van der Waals surface area contributed by atoms with Crippen LogP contribution in [0.15, 0.2) is 83.8 Å². The van der Waals surface area contributed by atoms with Gasteiger partial charge in [0, 0.05) is 12.1 Å². The van der Waals surface area contributed by atoms with Crippen molar-refractivity contribution in [2.45, 2.75) is 67.1 Å². The van der Waals surface area contributed by atoms with Crippen LogP contribution >= 0.6 is 12.2 Å². The van der Waals surface area contributed by atoms with Gasteiger partial charge >= 0.3 is 12.4 Å². The second-order valence-corrected chi connectivity index (χ2v) is 13.3. The zero-order chi connectivity index (χ0) is 33.0. The fourth-order valence-corrected chi connectivity index (χ4v) is 7.16. The number of hydrogen-bond acceptors (Lipinski definition) is 4. The highest BCUT2D eigenvalue weighted by molar-refractivity contribution is 7.89. The molecule has 6 nitrogen and oxygen atoms in total. The molecule has 1 saturated carbocycles. The zero-order valence-corrected chi connectivity index (χ0v) is 26.1. The Labute approximate surface area is 264 Å². The van der Waals surface area contributed by atoms with Gasteiger partial charge in [0.15, 0.2) is 5.11 Å². The first-order valence-electron chi connectivity index (χ1n) is 14.2. The second kappa shape index (κ2) is 14.1. The van der Waals surface area contributed by atoms with Crippen molar-refractivity contribution >= 4 is 27.4 Å². The molecule has 0 aromatic heterocycles. The van der Waals surface area contributed by atoms with Gasteiger partial charge in [-0.1, -0.05) is 73.5 Å². The summed E-state index contributed by atoms with van der Waals surface area (Å²) >= 11 is 5.70. The number of halogens is 6. The van der Waals surface area contributed by atoms with Crippen molar-refractivity contribution in [2.75, 3.05) is 14.1 Å². The van der Waals surface area contributed by atoms with Gasteiger partial charge in [-0.3, -0.25) is 0 Å². The summed E-state index contributed by atoms with van der Waals surface area (Å²) in [4.78, 5) is 0.938. The Bertz CT molecular complexity index is 1520. The Hall–Kier alpha value is -3.20. The molecule has 0 heterocycles. The second-order valence-electron chi connectivity index (χ2n) is 11.2. The van der Waals surface area contributed by atoms with Gasteiger partial charge in [-0.05, 0) is 68.5 Å². The minimum atomic E-state index is -5.22. The summed E-state index contributed by atoms with van der Waals surface area (Å²) in [6, 6.07) is 15.2. The average Bonchev–Trinajstić information content (AvgIpc) is 2.99. The number of nitrogens with zero attached hydrogens (tertiary/aromatic N) is 1. The molecule has 1 fully saturated rings. The molecule has 3 N–H and O–H groups in total. The highest BCUT2D eigenvalue weighted by atomic mass is 32.2. The third kappa shape index (κ3) is 8.96. The predicted octanol–water partition coefficient (Wildman–Crippen LogP) is 6.82. The minimum absolute atomic E-state index is 0.00272. The molecule has 1 unspecified atom stereocenters. The van der Waals surface area contributed by atoms with Crippen LogP contribution < -0.4 is 15.4 Å². The molecular weight excluding hydrogens is 638 g/mol. The van der Waals surface area contributed by atoms with Crippen LogP contribution in [0.1, 0.15) is 60.0 Å². The smallest absolute Gasteiger partial charge is 0.358 e. The van der Waals surface area contributed by atoms with E-state index in [1.807, 2.05) is 14.1 Å². The monoisotopic (exact) mass is 672 g/mol. The summed E-state index contributed by atoms with van der Waals surface area (Å²) in [6.07, 6.45) is -6.57. The first kappa shape index (κ1) is 34.7. The lowest BCUT2D eigenvalue weighted by Crippen LogP contribution is -2.54. The molecule has 244 valence electrons. The van der Waals surface area contributed by atoms with E-state index < -0.39 is 50.5 Å². The molecule has 3 aromatic rings. The van der Waals surface area contributed by atoms with Crippen LogP contribution in [0.5, 0.6) is 0 Å². The predicted molar refractivity (Wildman–Crippen MR) is 164 cm³/mol. The Morgan fingerprint density at radius 3 is 1.78 bits per heavy atom. The number of alkyl halides is 6. The van der Waals surface area contributed by atoms with Crippen LogP contribution in [-0.2, 0) is 22.4 Å². The topological polar surface area (TPSA) is 73.5 Å². The van der Waals surface area contributed by atoms with Crippen molar-refractivity contribution in [1.82, 2.24) is 20.3 Å². The van der Waals surface area contributed by atoms with Crippen molar-refractivity contribution in [3.63, 3.8) is 0 Å². The Morgan fingerprint density at radius 1 is 0.800 bits per heavy atom. The number of sulfonamides is 1. The number of nitrogens with one attached hydrogen (secondary N) is 3. The molecule has 4 rings (SSSR count). The number of likely N-dealkylation sites (N-methyl/N-ethyl adjacent to an activating group) is 1. The van der Waals surface area contributed by atoms with Gasteiger partial charge in [-0.25, -0.2) is 13.1 Å². The molecule has 0 spiro atoms. The van der Waals surface area contributed by atoms with Gasteiger partial charge in [0.2, 0.25) is 10.0 Å². The summed E-state index contributed by atoms with van der Waals surface area (Å²) < 4.78 is 111. The molecule has 1 aliphatic carbocycles. The number of thiocarbonyl (C=S) groups is 1. The van der Waals surface area contributed by atoms with Crippen LogP contribution in [0.2, 0.25) is 0 Å². The van der Waals surface area contributed by atoms with E-state index in [1.54, 1.807) is 60.7 Å². The first-order chi connectivity index (χ1) is 21.1. The third-order valence-corrected chi connectivity index (χ3v) is 9.46. The standard InChI is InChI=1S/C31H34F6N4O2S2/c1-41(2)26-16-10-9-15-25(26)38-29(44)39-27(20-11-5-3-6-12-20)28(21-13-7-4-8-14-21)40-45(42,43)24-18-22(30(32,33)34)17-23(19-24)31(35,36)37/h3-8,11-14,17-19,25-28,40H,9-10,15-16H2,1-2H3,(H2,38,39,44)/t25-,26?,27-,28-/m0/s1. The van der Waals surface area contributed by atoms with Gasteiger partial charge in [0.25, 0.3) is 0 Å². The molecule has 1 aliphatic rings. The molecule has 45 heavy (non-hydrogen) atoms. The molecule has 3 aromatic carbocycles. The molecule has 0 saturated heterocycles. The lowest BCUT2D eigenvalue weighted by molar-refractivity contribution is -0.143. The SMILES string of the molecule is CN(C)C1CCCC[C@@H]1NC(=S)N[C@@H](c1ccccc1)[C@@H](NS(=O)(=O)c1cc(C(F)(F)F)cc(C(F)(F)F)c1)c1ccccc1. The minimum Gasteiger partial charge on any atom is -0.358 e. The van der Waals surface area contributed by atoms with E-state index in [0.717, 1.165) is 25.7 Å². The Kier molecular flexibility index (Phi) is 10.8. The van der Waals surface area contributed by atoms with Crippen molar-refractivity contribution in [1.29, 1.82) is 0 Å². The van der Waals surface area contributed by atoms with E-state index >= 15 is 0 Å². The van der Waals surface area contributed by atoms with Crippen molar-refractivity contribution < 1.29 is 34.8 Å². The summed E-state index contributed by atoms with van der Waals surface area (Å²) in [5, 5.41) is 6.77. The molecular formula is C31H34F6N4O2S2. The molecule has 0 radical (unpaired) electrons. The lowest BCUT2D eigenvalue weighted by atomic mass is 9.89. The lowest BCUT2D eigenvalue weighted by Gasteiger charge is -2.38. The number of hydrogen-bond donors (Lipinski definition) is 3. The number of benzene rings is 3. The molecule has 0 aliphatic heterocycles. The van der Waals surface area contributed by atoms with Crippen LogP contribution in [-0.4, -0.2) is 44.6 Å². The molecule has 14 heteroatoms. The maximum absolute atomic E-state index is 13.7. The van der Waals surface area contributed by atoms with E-state index in [4.69, 9.17) is 12.2 Å². The largest absolute Gasteiger partial charge is 0.416 e. The summed E-state index contributed by atoms with van der Waals surface area (Å²) in [6.45, 7) is 0. The van der Waals surface area contributed by atoms with E-state index in [2.05, 4.69) is 20.3 Å². The molecule has 0 amide bonds. The van der Waals surface area contributed by atoms with Gasteiger partial charge in [-0.2, -0.15) is 26.3 Å². The van der Waals surface area contributed by atoms with E-state index in [0.29, 0.717) is 11.1 Å². The highest BCUT2D eigenvalue weighted by Crippen LogP contribution is 2.38. The summed E-state index contributed by atoms with van der Waals surface area (Å²) in [5.74, 6) is 0. The fraction of sp³-hybridized carbons (Fsp3) is 0.387. The Balaban J connectivity index is 1.76. The van der Waals surface area contributed by atoms with E-state index in [1.165, 1.54) is 0 Å². The van der Waals surface area contributed by atoms with E-state index in [9.17, 15) is 34.8 Å². The van der Waals surface area contributed by atoms with Crippen LogP contribution in [0.4, 0.5) is 26.3 Å². The van der Waals surface area contributed by atoms with Gasteiger partial charge in [0.1, 0.15) is 0 Å². The van der Waals surface area contributed by atoms with Gasteiger partial charge < -0.3 is 15.5 Å². The summed E-state index contributed by atoms with van der Waals surface area (Å²) in [7, 11) is -1.01. The van der Waals surface area contributed by atoms with Gasteiger partial charge in [0.05, 0.1) is 28.1 Å². The van der Waals surface area contributed by atoms with Gasteiger partial charge in [-0.15, -0.1) is 0 Å². The van der Waals surface area contributed by atoms with Crippen molar-refractivity contribution in [3.05, 3.63) is 101 Å². The normalized spacial score (nSPS) is 19.1. The van der Waals surface area contributed by atoms with Crippen LogP contribution in [0.25, 0.3) is 0 Å². The molecule has 0 bridgehead atoms. The average molecular weight is 673 g/mol.